The highest BCUT2D eigenvalue weighted by molar-refractivity contribution is 9.10. The van der Waals surface area contributed by atoms with Gasteiger partial charge in [0, 0.05) is 12.3 Å². The third kappa shape index (κ3) is 2.23. The summed E-state index contributed by atoms with van der Waals surface area (Å²) < 4.78 is 2.51. The molecule has 0 bridgehead atoms. The molecule has 0 unspecified atom stereocenters. The molecule has 5 heteroatoms. The number of halogens is 1. The average molecular weight is 267 g/mol. The van der Waals surface area contributed by atoms with Crippen molar-refractivity contribution in [2.24, 2.45) is 0 Å². The van der Waals surface area contributed by atoms with Gasteiger partial charge in [-0.1, -0.05) is 13.8 Å². The molecular formula is C10H11BrN4. The first-order valence-electron chi connectivity index (χ1n) is 4.69. The Labute approximate surface area is 96.5 Å². The Morgan fingerprint density at radius 1 is 1.33 bits per heavy atom. The minimum absolute atomic E-state index is 0.476. The monoisotopic (exact) mass is 266 g/mol. The van der Waals surface area contributed by atoms with E-state index < -0.39 is 0 Å². The lowest BCUT2D eigenvalue weighted by atomic mass is 10.1. The molecule has 0 aliphatic carbocycles. The summed E-state index contributed by atoms with van der Waals surface area (Å²) in [6.07, 6.45) is 5.36. The standard InChI is InChI=1S/C10H11BrN4/c1-7(2)8-4-14-15(5-8)10-3-9(11)12-6-13-10/h3-7H,1-2H3. The second kappa shape index (κ2) is 4.10. The molecule has 78 valence electrons. The summed E-state index contributed by atoms with van der Waals surface area (Å²) in [5, 5.41) is 4.25. The van der Waals surface area contributed by atoms with Crippen LogP contribution in [-0.2, 0) is 0 Å². The summed E-state index contributed by atoms with van der Waals surface area (Å²) in [6, 6.07) is 1.83. The first-order chi connectivity index (χ1) is 7.16. The lowest BCUT2D eigenvalue weighted by Crippen LogP contribution is -1.98. The van der Waals surface area contributed by atoms with E-state index >= 15 is 0 Å². The molecule has 15 heavy (non-hydrogen) atoms. The van der Waals surface area contributed by atoms with E-state index in [-0.39, 0.29) is 0 Å². The Morgan fingerprint density at radius 2 is 2.13 bits per heavy atom. The Hall–Kier alpha value is -1.23. The van der Waals surface area contributed by atoms with Crippen LogP contribution in [-0.4, -0.2) is 19.7 Å². The largest absolute Gasteiger partial charge is 0.229 e. The van der Waals surface area contributed by atoms with Crippen LogP contribution in [0, 0.1) is 0 Å². The molecule has 0 saturated heterocycles. The van der Waals surface area contributed by atoms with E-state index in [9.17, 15) is 0 Å². The highest BCUT2D eigenvalue weighted by Gasteiger charge is 2.05. The number of aromatic nitrogens is 4. The van der Waals surface area contributed by atoms with Gasteiger partial charge >= 0.3 is 0 Å². The van der Waals surface area contributed by atoms with Gasteiger partial charge in [0.05, 0.1) is 6.20 Å². The molecule has 2 aromatic heterocycles. The van der Waals surface area contributed by atoms with Crippen LogP contribution in [0.5, 0.6) is 0 Å². The Bertz CT molecular complexity index is 464. The number of hydrogen-bond donors (Lipinski definition) is 0. The molecule has 0 aliphatic heterocycles. The fourth-order valence-electron chi connectivity index (χ4n) is 1.21. The van der Waals surface area contributed by atoms with Crippen molar-refractivity contribution < 1.29 is 0 Å². The van der Waals surface area contributed by atoms with E-state index in [1.54, 1.807) is 4.68 Å². The van der Waals surface area contributed by atoms with Gasteiger partial charge in [-0.3, -0.25) is 0 Å². The van der Waals surface area contributed by atoms with Gasteiger partial charge in [-0.15, -0.1) is 0 Å². The molecule has 0 saturated carbocycles. The summed E-state index contributed by atoms with van der Waals surface area (Å²) in [5.74, 6) is 1.24. The third-order valence-corrected chi connectivity index (χ3v) is 2.56. The molecule has 0 atom stereocenters. The van der Waals surface area contributed by atoms with Gasteiger partial charge in [-0.2, -0.15) is 5.10 Å². The van der Waals surface area contributed by atoms with Crippen LogP contribution in [0.25, 0.3) is 5.82 Å². The third-order valence-electron chi connectivity index (χ3n) is 2.12. The lowest BCUT2D eigenvalue weighted by molar-refractivity contribution is 0.830. The normalized spacial score (nSPS) is 10.9. The topological polar surface area (TPSA) is 43.6 Å². The van der Waals surface area contributed by atoms with Crippen molar-refractivity contribution in [2.75, 3.05) is 0 Å². The molecule has 4 nitrogen and oxygen atoms in total. The van der Waals surface area contributed by atoms with Crippen LogP contribution in [0.15, 0.2) is 29.4 Å². The minimum atomic E-state index is 0.476. The summed E-state index contributed by atoms with van der Waals surface area (Å²) in [6.45, 7) is 4.27. The van der Waals surface area contributed by atoms with Gasteiger partial charge in [-0.25, -0.2) is 14.6 Å². The molecule has 0 spiro atoms. The van der Waals surface area contributed by atoms with Gasteiger partial charge in [0.25, 0.3) is 0 Å². The zero-order chi connectivity index (χ0) is 10.8. The summed E-state index contributed by atoms with van der Waals surface area (Å²) in [4.78, 5) is 8.11. The van der Waals surface area contributed by atoms with Gasteiger partial charge in [-0.05, 0) is 27.4 Å². The van der Waals surface area contributed by atoms with E-state index in [0.29, 0.717) is 5.92 Å². The van der Waals surface area contributed by atoms with Gasteiger partial charge < -0.3 is 0 Å². The van der Waals surface area contributed by atoms with Crippen molar-refractivity contribution in [2.45, 2.75) is 19.8 Å². The molecular weight excluding hydrogens is 256 g/mol. The van der Waals surface area contributed by atoms with Gasteiger partial charge in [0.1, 0.15) is 10.9 Å². The summed E-state index contributed by atoms with van der Waals surface area (Å²) in [5.41, 5.74) is 1.20. The van der Waals surface area contributed by atoms with E-state index in [0.717, 1.165) is 10.4 Å². The molecule has 2 heterocycles. The number of nitrogens with zero attached hydrogens (tertiary/aromatic N) is 4. The SMILES string of the molecule is CC(C)c1cnn(-c2cc(Br)ncn2)c1. The Balaban J connectivity index is 2.37. The maximum atomic E-state index is 4.25. The van der Waals surface area contributed by atoms with Crippen molar-refractivity contribution in [1.82, 2.24) is 19.7 Å². The predicted molar refractivity (Wildman–Crippen MR) is 60.9 cm³/mol. The molecule has 0 amide bonds. The second-order valence-corrected chi connectivity index (χ2v) is 4.38. The highest BCUT2D eigenvalue weighted by Crippen LogP contribution is 2.15. The zero-order valence-corrected chi connectivity index (χ0v) is 10.1. The molecule has 0 N–H and O–H groups in total. The average Bonchev–Trinajstić information content (AvgIpc) is 2.66. The van der Waals surface area contributed by atoms with E-state index in [1.165, 1.54) is 11.9 Å². The van der Waals surface area contributed by atoms with Crippen LogP contribution in [0.1, 0.15) is 25.3 Å². The first kappa shape index (κ1) is 10.3. The van der Waals surface area contributed by atoms with Crippen LogP contribution in [0.4, 0.5) is 0 Å². The fraction of sp³-hybridized carbons (Fsp3) is 0.300. The minimum Gasteiger partial charge on any atom is -0.229 e. The zero-order valence-electron chi connectivity index (χ0n) is 8.55. The fourth-order valence-corrected chi connectivity index (χ4v) is 1.51. The van der Waals surface area contributed by atoms with Crippen molar-refractivity contribution in [1.29, 1.82) is 0 Å². The molecule has 0 aromatic carbocycles. The van der Waals surface area contributed by atoms with Crippen LogP contribution >= 0.6 is 15.9 Å². The lowest BCUT2D eigenvalue weighted by Gasteiger charge is -2.00. The first-order valence-corrected chi connectivity index (χ1v) is 5.48. The van der Waals surface area contributed by atoms with E-state index in [2.05, 4.69) is 44.8 Å². The smallest absolute Gasteiger partial charge is 0.157 e. The van der Waals surface area contributed by atoms with Crippen molar-refractivity contribution in [3.63, 3.8) is 0 Å². The molecule has 0 radical (unpaired) electrons. The van der Waals surface area contributed by atoms with Crippen LogP contribution in [0.2, 0.25) is 0 Å². The molecule has 0 aliphatic rings. The summed E-state index contributed by atoms with van der Waals surface area (Å²) >= 11 is 3.30. The summed E-state index contributed by atoms with van der Waals surface area (Å²) in [7, 11) is 0. The van der Waals surface area contributed by atoms with Crippen molar-refractivity contribution >= 4 is 15.9 Å². The Kier molecular flexibility index (Phi) is 2.81. The van der Waals surface area contributed by atoms with Gasteiger partial charge in [0.2, 0.25) is 0 Å². The van der Waals surface area contributed by atoms with Crippen LogP contribution < -0.4 is 0 Å². The second-order valence-electron chi connectivity index (χ2n) is 3.57. The maximum Gasteiger partial charge on any atom is 0.157 e. The van der Waals surface area contributed by atoms with Crippen LogP contribution in [0.3, 0.4) is 0 Å². The molecule has 2 aromatic rings. The number of hydrogen-bond acceptors (Lipinski definition) is 3. The Morgan fingerprint density at radius 3 is 2.73 bits per heavy atom. The van der Waals surface area contributed by atoms with Gasteiger partial charge in [0.15, 0.2) is 5.82 Å². The highest BCUT2D eigenvalue weighted by atomic mass is 79.9. The predicted octanol–water partition coefficient (Wildman–Crippen LogP) is 2.55. The molecule has 0 fully saturated rings. The number of rotatable bonds is 2. The molecule has 2 rings (SSSR count). The van der Waals surface area contributed by atoms with Crippen molar-refractivity contribution in [3.8, 4) is 5.82 Å². The van der Waals surface area contributed by atoms with E-state index in [1.807, 2.05) is 18.5 Å². The van der Waals surface area contributed by atoms with E-state index in [4.69, 9.17) is 0 Å². The van der Waals surface area contributed by atoms with Crippen molar-refractivity contribution in [3.05, 3.63) is 35.0 Å². The maximum absolute atomic E-state index is 4.25. The quantitative estimate of drug-likeness (QED) is 0.785.